The molecule has 0 spiro atoms. The number of thioether (sulfide) groups is 1. The topological polar surface area (TPSA) is 81.6 Å². The van der Waals surface area contributed by atoms with Crippen molar-refractivity contribution in [1.82, 2.24) is 4.90 Å². The number of hydrogen-bond donors (Lipinski definition) is 2. The van der Waals surface area contributed by atoms with Gasteiger partial charge in [-0.3, -0.25) is 4.57 Å². The van der Waals surface area contributed by atoms with Crippen LogP contribution < -0.4 is 11.0 Å². The minimum absolute atomic E-state index is 0.354. The van der Waals surface area contributed by atoms with E-state index in [9.17, 15) is 4.57 Å². The standard InChI is InChI=1S/C8H22N3O2PS/c1-3-11(4-2)5-7-15-8-6-13-14(9,10)12/h3-8H2,1-2H3,(H4,9,10,12). The zero-order valence-electron chi connectivity index (χ0n) is 9.52. The summed E-state index contributed by atoms with van der Waals surface area (Å²) in [4.78, 5) is 2.35. The Morgan fingerprint density at radius 2 is 1.87 bits per heavy atom. The molecule has 0 rings (SSSR count). The maximum Gasteiger partial charge on any atom is 0.335 e. The molecule has 0 fully saturated rings. The summed E-state index contributed by atoms with van der Waals surface area (Å²) < 4.78 is 15.5. The highest BCUT2D eigenvalue weighted by molar-refractivity contribution is 7.99. The fourth-order valence-electron chi connectivity index (χ4n) is 1.07. The van der Waals surface area contributed by atoms with Crippen LogP contribution in [-0.2, 0) is 9.09 Å². The minimum Gasteiger partial charge on any atom is -0.306 e. The third-order valence-corrected chi connectivity index (χ3v) is 3.48. The molecular weight excluding hydrogens is 233 g/mol. The van der Waals surface area contributed by atoms with Crippen LogP contribution in [0.2, 0.25) is 0 Å². The Hall–Kier alpha value is 0.420. The second kappa shape index (κ2) is 8.56. The van der Waals surface area contributed by atoms with E-state index in [4.69, 9.17) is 15.5 Å². The van der Waals surface area contributed by atoms with Gasteiger partial charge in [-0.1, -0.05) is 13.8 Å². The van der Waals surface area contributed by atoms with Gasteiger partial charge in [0, 0.05) is 18.1 Å². The highest BCUT2D eigenvalue weighted by Gasteiger charge is 2.07. The molecule has 0 saturated carbocycles. The Morgan fingerprint density at radius 1 is 1.27 bits per heavy atom. The monoisotopic (exact) mass is 255 g/mol. The molecule has 0 unspecified atom stereocenters. The molecule has 0 aliphatic carbocycles. The summed E-state index contributed by atoms with van der Waals surface area (Å²) in [5, 5.41) is 0. The van der Waals surface area contributed by atoms with Gasteiger partial charge in [-0.15, -0.1) is 0 Å². The van der Waals surface area contributed by atoms with Crippen LogP contribution >= 0.6 is 19.4 Å². The number of nitrogens with zero attached hydrogens (tertiary/aromatic N) is 1. The lowest BCUT2D eigenvalue weighted by Gasteiger charge is -2.17. The zero-order valence-corrected chi connectivity index (χ0v) is 11.2. The smallest absolute Gasteiger partial charge is 0.306 e. The molecule has 0 bridgehead atoms. The van der Waals surface area contributed by atoms with Gasteiger partial charge < -0.3 is 9.42 Å². The van der Waals surface area contributed by atoms with E-state index in [1.54, 1.807) is 11.8 Å². The fraction of sp³-hybridized carbons (Fsp3) is 1.00. The molecule has 0 saturated heterocycles. The summed E-state index contributed by atoms with van der Waals surface area (Å²) in [6.07, 6.45) is 0. The predicted octanol–water partition coefficient (Wildman–Crippen LogP) is 1.10. The molecule has 0 heterocycles. The second-order valence-corrected chi connectivity index (χ2v) is 5.89. The Balaban J connectivity index is 3.28. The molecule has 15 heavy (non-hydrogen) atoms. The van der Waals surface area contributed by atoms with Gasteiger partial charge in [0.05, 0.1) is 6.61 Å². The first-order valence-electron chi connectivity index (χ1n) is 5.11. The van der Waals surface area contributed by atoms with Gasteiger partial charge in [0.25, 0.3) is 0 Å². The summed E-state index contributed by atoms with van der Waals surface area (Å²) in [5.74, 6) is 1.82. The quantitative estimate of drug-likeness (QED) is 0.474. The first-order chi connectivity index (χ1) is 6.99. The van der Waals surface area contributed by atoms with Crippen LogP contribution in [0, 0.1) is 0 Å². The molecule has 0 aromatic carbocycles. The number of hydrogen-bond acceptors (Lipinski definition) is 4. The minimum atomic E-state index is -3.27. The third-order valence-electron chi connectivity index (χ3n) is 1.97. The van der Waals surface area contributed by atoms with Gasteiger partial charge in [-0.05, 0) is 13.1 Å². The van der Waals surface area contributed by atoms with E-state index in [1.165, 1.54) is 0 Å². The third kappa shape index (κ3) is 10.7. The summed E-state index contributed by atoms with van der Waals surface area (Å²) >= 11 is 1.75. The van der Waals surface area contributed by atoms with Crippen LogP contribution in [0.4, 0.5) is 0 Å². The van der Waals surface area contributed by atoms with Crippen LogP contribution in [0.5, 0.6) is 0 Å². The van der Waals surface area contributed by atoms with Crippen molar-refractivity contribution in [2.45, 2.75) is 13.8 Å². The highest BCUT2D eigenvalue weighted by Crippen LogP contribution is 2.25. The number of nitrogens with two attached hydrogens (primary N) is 2. The zero-order chi connectivity index (χ0) is 11.7. The van der Waals surface area contributed by atoms with Crippen molar-refractivity contribution in [2.75, 3.05) is 37.7 Å². The van der Waals surface area contributed by atoms with E-state index < -0.39 is 7.67 Å². The van der Waals surface area contributed by atoms with Gasteiger partial charge >= 0.3 is 7.67 Å². The maximum atomic E-state index is 10.8. The van der Waals surface area contributed by atoms with Crippen molar-refractivity contribution >= 4 is 19.4 Å². The van der Waals surface area contributed by atoms with E-state index in [0.29, 0.717) is 6.61 Å². The largest absolute Gasteiger partial charge is 0.335 e. The normalized spacial score (nSPS) is 12.3. The lowest BCUT2D eigenvalue weighted by atomic mass is 10.5. The van der Waals surface area contributed by atoms with Crippen molar-refractivity contribution in [3.8, 4) is 0 Å². The molecule has 92 valence electrons. The Bertz CT molecular complexity index is 196. The van der Waals surface area contributed by atoms with Gasteiger partial charge in [-0.25, -0.2) is 11.0 Å². The molecule has 0 amide bonds. The van der Waals surface area contributed by atoms with Gasteiger partial charge in [0.1, 0.15) is 0 Å². The number of rotatable bonds is 9. The van der Waals surface area contributed by atoms with Gasteiger partial charge in [0.2, 0.25) is 0 Å². The summed E-state index contributed by atoms with van der Waals surface area (Å²) in [5.41, 5.74) is 10.1. The van der Waals surface area contributed by atoms with Crippen LogP contribution in [0.25, 0.3) is 0 Å². The lowest BCUT2D eigenvalue weighted by molar-refractivity contribution is 0.323. The van der Waals surface area contributed by atoms with E-state index in [1.807, 2.05) is 0 Å². The van der Waals surface area contributed by atoms with Crippen molar-refractivity contribution in [3.63, 3.8) is 0 Å². The van der Waals surface area contributed by atoms with Gasteiger partial charge in [0.15, 0.2) is 0 Å². The van der Waals surface area contributed by atoms with Gasteiger partial charge in [-0.2, -0.15) is 11.8 Å². The van der Waals surface area contributed by atoms with Crippen LogP contribution in [0.1, 0.15) is 13.8 Å². The molecule has 0 atom stereocenters. The van der Waals surface area contributed by atoms with Crippen LogP contribution in [0.3, 0.4) is 0 Å². The average molecular weight is 255 g/mol. The summed E-state index contributed by atoms with van der Waals surface area (Å²) in [6, 6.07) is 0. The van der Waals surface area contributed by atoms with Crippen molar-refractivity contribution in [2.24, 2.45) is 11.0 Å². The van der Waals surface area contributed by atoms with E-state index in [0.717, 1.165) is 31.1 Å². The average Bonchev–Trinajstić information content (AvgIpc) is 2.15. The summed E-state index contributed by atoms with van der Waals surface area (Å²) in [6.45, 7) is 7.88. The molecule has 7 heteroatoms. The van der Waals surface area contributed by atoms with E-state index >= 15 is 0 Å². The molecule has 0 aromatic rings. The Labute approximate surface area is 96.5 Å². The van der Waals surface area contributed by atoms with Crippen molar-refractivity contribution in [1.29, 1.82) is 0 Å². The van der Waals surface area contributed by atoms with Crippen molar-refractivity contribution in [3.05, 3.63) is 0 Å². The maximum absolute atomic E-state index is 10.8. The molecule has 0 aliphatic heterocycles. The SMILES string of the molecule is CCN(CC)CCSCCOP(N)(N)=O. The Morgan fingerprint density at radius 3 is 2.33 bits per heavy atom. The van der Waals surface area contributed by atoms with Crippen LogP contribution in [0.15, 0.2) is 0 Å². The molecule has 0 aliphatic rings. The van der Waals surface area contributed by atoms with Crippen molar-refractivity contribution < 1.29 is 9.09 Å². The van der Waals surface area contributed by atoms with E-state index in [-0.39, 0.29) is 0 Å². The first-order valence-corrected chi connectivity index (χ1v) is 8.03. The molecular formula is C8H22N3O2PS. The van der Waals surface area contributed by atoms with E-state index in [2.05, 4.69) is 18.7 Å². The second-order valence-electron chi connectivity index (χ2n) is 3.12. The lowest BCUT2D eigenvalue weighted by Crippen LogP contribution is -2.25. The first kappa shape index (κ1) is 15.4. The van der Waals surface area contributed by atoms with Crippen LogP contribution in [-0.4, -0.2) is 42.6 Å². The molecule has 5 nitrogen and oxygen atoms in total. The summed E-state index contributed by atoms with van der Waals surface area (Å²) in [7, 11) is -3.27. The highest BCUT2D eigenvalue weighted by atomic mass is 32.2. The fourth-order valence-corrected chi connectivity index (χ4v) is 2.37. The molecule has 4 N–H and O–H groups in total. The predicted molar refractivity (Wildman–Crippen MR) is 67.0 cm³/mol. The molecule has 0 radical (unpaired) electrons. The molecule has 0 aromatic heterocycles. The Kier molecular flexibility index (Phi) is 8.80.